The van der Waals surface area contributed by atoms with E-state index in [1.54, 1.807) is 21.0 Å². The number of fused-ring (bicyclic) bond motifs is 1. The molecule has 3 rings (SSSR count). The number of hydrogen-bond donors (Lipinski definition) is 0. The first-order chi connectivity index (χ1) is 11.5. The topological polar surface area (TPSA) is 43.4 Å². The zero-order valence-corrected chi connectivity index (χ0v) is 14.3. The Bertz CT molecular complexity index is 761. The molecule has 0 spiro atoms. The monoisotopic (exact) mass is 322 g/mol. The Kier molecular flexibility index (Phi) is 4.52. The zero-order valence-electron chi connectivity index (χ0n) is 14.3. The number of ketones is 2. The summed E-state index contributed by atoms with van der Waals surface area (Å²) in [5.41, 5.74) is 3.39. The van der Waals surface area contributed by atoms with Gasteiger partial charge in [-0.25, -0.2) is 0 Å². The minimum Gasteiger partial charge on any atom is -0.497 e. The van der Waals surface area contributed by atoms with Crippen LogP contribution in [0.5, 0.6) is 5.75 Å². The molecule has 0 bridgehead atoms. The molecular formula is C21H22O3. The van der Waals surface area contributed by atoms with E-state index >= 15 is 0 Å². The fraction of sp³-hybridized carbons (Fsp3) is 0.333. The summed E-state index contributed by atoms with van der Waals surface area (Å²) in [5.74, 6) is 0.816. The average molecular weight is 322 g/mol. The third kappa shape index (κ3) is 2.86. The van der Waals surface area contributed by atoms with E-state index in [0.29, 0.717) is 6.42 Å². The SMILES string of the molecule is COc1ccc([C@@H]2c3ccccc3[C@H](CC(C)=O)[C@H]2C(C)=O)cc1. The highest BCUT2D eigenvalue weighted by Gasteiger charge is 2.43. The molecule has 1 aliphatic carbocycles. The molecule has 0 aliphatic heterocycles. The minimum atomic E-state index is -0.195. The van der Waals surface area contributed by atoms with Gasteiger partial charge in [0.25, 0.3) is 0 Å². The van der Waals surface area contributed by atoms with Gasteiger partial charge in [0.2, 0.25) is 0 Å². The predicted octanol–water partition coefficient (Wildman–Crippen LogP) is 4.11. The lowest BCUT2D eigenvalue weighted by Gasteiger charge is -2.23. The van der Waals surface area contributed by atoms with Gasteiger partial charge in [0.1, 0.15) is 17.3 Å². The molecule has 2 aromatic rings. The van der Waals surface area contributed by atoms with Crippen molar-refractivity contribution in [2.75, 3.05) is 7.11 Å². The summed E-state index contributed by atoms with van der Waals surface area (Å²) in [6.07, 6.45) is 0.411. The molecule has 0 N–H and O–H groups in total. The number of hydrogen-bond acceptors (Lipinski definition) is 3. The summed E-state index contributed by atoms with van der Waals surface area (Å²) < 4.78 is 5.24. The normalized spacial score (nSPS) is 22.0. The number of carbonyl (C=O) groups is 2. The highest BCUT2D eigenvalue weighted by atomic mass is 16.5. The van der Waals surface area contributed by atoms with Crippen LogP contribution in [0.1, 0.15) is 48.8 Å². The molecule has 0 aromatic heterocycles. The third-order valence-corrected chi connectivity index (χ3v) is 4.97. The van der Waals surface area contributed by atoms with Crippen LogP contribution in [0.15, 0.2) is 48.5 Å². The van der Waals surface area contributed by atoms with E-state index in [1.807, 2.05) is 36.4 Å². The highest BCUT2D eigenvalue weighted by Crippen LogP contribution is 2.51. The molecule has 1 aliphatic rings. The van der Waals surface area contributed by atoms with Crippen molar-refractivity contribution in [1.82, 2.24) is 0 Å². The van der Waals surface area contributed by atoms with Gasteiger partial charge in [0, 0.05) is 24.2 Å². The Morgan fingerprint density at radius 3 is 2.12 bits per heavy atom. The predicted molar refractivity (Wildman–Crippen MR) is 93.5 cm³/mol. The standard InChI is InChI=1S/C21H22O3/c1-13(22)12-19-17-6-4-5-7-18(17)21(20(19)14(2)23)15-8-10-16(24-3)11-9-15/h4-11,19-21H,12H2,1-3H3/t19-,20+,21+/m0/s1. The van der Waals surface area contributed by atoms with Crippen LogP contribution in [0.3, 0.4) is 0 Å². The smallest absolute Gasteiger partial charge is 0.134 e. The van der Waals surface area contributed by atoms with Crippen LogP contribution >= 0.6 is 0 Å². The number of carbonyl (C=O) groups excluding carboxylic acids is 2. The maximum Gasteiger partial charge on any atom is 0.134 e. The van der Waals surface area contributed by atoms with E-state index < -0.39 is 0 Å². The Labute approximate surface area is 142 Å². The fourth-order valence-corrected chi connectivity index (χ4v) is 4.01. The lowest BCUT2D eigenvalue weighted by molar-refractivity contribution is -0.122. The highest BCUT2D eigenvalue weighted by molar-refractivity contribution is 5.85. The molecule has 3 nitrogen and oxygen atoms in total. The number of methoxy groups -OCH3 is 1. The first-order valence-electron chi connectivity index (χ1n) is 8.25. The van der Waals surface area contributed by atoms with Gasteiger partial charge in [-0.2, -0.15) is 0 Å². The van der Waals surface area contributed by atoms with Gasteiger partial charge < -0.3 is 9.53 Å². The maximum atomic E-state index is 12.5. The maximum absolute atomic E-state index is 12.5. The molecule has 0 fully saturated rings. The van der Waals surface area contributed by atoms with Crippen LogP contribution in [0.2, 0.25) is 0 Å². The van der Waals surface area contributed by atoms with Crippen LogP contribution < -0.4 is 4.74 Å². The fourth-order valence-electron chi connectivity index (χ4n) is 4.01. The number of ether oxygens (including phenoxy) is 1. The summed E-state index contributed by atoms with van der Waals surface area (Å²) in [5, 5.41) is 0. The van der Waals surface area contributed by atoms with E-state index in [2.05, 4.69) is 12.1 Å². The summed E-state index contributed by atoms with van der Waals surface area (Å²) >= 11 is 0. The van der Waals surface area contributed by atoms with Gasteiger partial charge in [-0.3, -0.25) is 4.79 Å². The summed E-state index contributed by atoms with van der Waals surface area (Å²) in [6, 6.07) is 16.0. The lowest BCUT2D eigenvalue weighted by Crippen LogP contribution is -2.22. The lowest BCUT2D eigenvalue weighted by atomic mass is 9.78. The second kappa shape index (κ2) is 6.60. The van der Waals surface area contributed by atoms with E-state index in [0.717, 1.165) is 22.4 Å². The molecule has 3 heteroatoms. The van der Waals surface area contributed by atoms with E-state index in [1.165, 1.54) is 0 Å². The summed E-state index contributed by atoms with van der Waals surface area (Å²) in [4.78, 5) is 24.3. The van der Waals surface area contributed by atoms with Gasteiger partial charge in [-0.15, -0.1) is 0 Å². The molecule has 0 amide bonds. The van der Waals surface area contributed by atoms with Crippen LogP contribution in [0, 0.1) is 5.92 Å². The zero-order chi connectivity index (χ0) is 17.3. The van der Waals surface area contributed by atoms with Crippen LogP contribution in [-0.4, -0.2) is 18.7 Å². The molecule has 0 heterocycles. The number of benzene rings is 2. The van der Waals surface area contributed by atoms with Gasteiger partial charge in [0.15, 0.2) is 0 Å². The molecule has 2 aromatic carbocycles. The Morgan fingerprint density at radius 1 is 0.958 bits per heavy atom. The molecule has 3 atom stereocenters. The third-order valence-electron chi connectivity index (χ3n) is 4.97. The average Bonchev–Trinajstić information content (AvgIpc) is 2.89. The molecule has 0 radical (unpaired) electrons. The molecule has 0 saturated heterocycles. The Hall–Kier alpha value is -2.42. The van der Waals surface area contributed by atoms with Crippen LogP contribution in [-0.2, 0) is 9.59 Å². The molecule has 0 unspecified atom stereocenters. The second-order valence-corrected chi connectivity index (χ2v) is 6.53. The van der Waals surface area contributed by atoms with Crippen molar-refractivity contribution in [2.45, 2.75) is 32.1 Å². The summed E-state index contributed by atoms with van der Waals surface area (Å²) in [6.45, 7) is 3.24. The van der Waals surface area contributed by atoms with Crippen molar-refractivity contribution < 1.29 is 14.3 Å². The van der Waals surface area contributed by atoms with Crippen molar-refractivity contribution in [3.63, 3.8) is 0 Å². The van der Waals surface area contributed by atoms with Gasteiger partial charge >= 0.3 is 0 Å². The van der Waals surface area contributed by atoms with Gasteiger partial charge in [-0.05, 0) is 42.7 Å². The van der Waals surface area contributed by atoms with Crippen molar-refractivity contribution >= 4 is 11.6 Å². The molecule has 0 saturated carbocycles. The minimum absolute atomic E-state index is 0.00560. The Balaban J connectivity index is 2.11. The number of Topliss-reactive ketones (excluding diaryl/α,β-unsaturated/α-hetero) is 2. The van der Waals surface area contributed by atoms with Gasteiger partial charge in [-0.1, -0.05) is 36.4 Å². The first-order valence-corrected chi connectivity index (χ1v) is 8.25. The van der Waals surface area contributed by atoms with Crippen molar-refractivity contribution in [3.05, 3.63) is 65.2 Å². The second-order valence-electron chi connectivity index (χ2n) is 6.53. The molecule has 24 heavy (non-hydrogen) atoms. The van der Waals surface area contributed by atoms with Gasteiger partial charge in [0.05, 0.1) is 7.11 Å². The largest absolute Gasteiger partial charge is 0.497 e. The molecular weight excluding hydrogens is 300 g/mol. The van der Waals surface area contributed by atoms with E-state index in [4.69, 9.17) is 4.74 Å². The first kappa shape index (κ1) is 16.4. The van der Waals surface area contributed by atoms with Crippen LogP contribution in [0.4, 0.5) is 0 Å². The van der Waals surface area contributed by atoms with Crippen LogP contribution in [0.25, 0.3) is 0 Å². The number of rotatable bonds is 5. The van der Waals surface area contributed by atoms with Crippen molar-refractivity contribution in [3.8, 4) is 5.75 Å². The quantitative estimate of drug-likeness (QED) is 0.832. The summed E-state index contributed by atoms with van der Waals surface area (Å²) in [7, 11) is 1.64. The Morgan fingerprint density at radius 2 is 1.58 bits per heavy atom. The van der Waals surface area contributed by atoms with E-state index in [-0.39, 0.29) is 29.3 Å². The molecule has 124 valence electrons. The van der Waals surface area contributed by atoms with Crippen molar-refractivity contribution in [2.24, 2.45) is 5.92 Å². The van der Waals surface area contributed by atoms with E-state index in [9.17, 15) is 9.59 Å². The van der Waals surface area contributed by atoms with Crippen molar-refractivity contribution in [1.29, 1.82) is 0 Å².